The minimum atomic E-state index is -0.0191. The molecule has 2 aromatic heterocycles. The van der Waals surface area contributed by atoms with Crippen molar-refractivity contribution < 1.29 is 31.4 Å². The topological polar surface area (TPSA) is 50.2 Å². The second-order valence-corrected chi connectivity index (χ2v) is 18.9. The van der Waals surface area contributed by atoms with Crippen LogP contribution < -0.4 is 0 Å². The first-order chi connectivity index (χ1) is 27.3. The number of rotatable bonds is 10. The first-order valence-electron chi connectivity index (χ1n) is 22.2. The summed E-state index contributed by atoms with van der Waals surface area (Å²) in [5.41, 5.74) is 7.83. The molecule has 0 aliphatic heterocycles. The smallest absolute Gasteiger partial charge is 0.162 e. The molecular formula is C52H66IrNO2S-. The van der Waals surface area contributed by atoms with Crippen LogP contribution >= 0.6 is 11.3 Å². The number of fused-ring (bicyclic) bond motifs is 2. The molecular weight excluding hydrogens is 895 g/mol. The maximum atomic E-state index is 11.7. The van der Waals surface area contributed by atoms with Crippen LogP contribution in [0.2, 0.25) is 0 Å². The fraction of sp³-hybridized carbons (Fsp3) is 0.500. The Labute approximate surface area is 362 Å². The zero-order valence-corrected chi connectivity index (χ0v) is 39.0. The van der Waals surface area contributed by atoms with Gasteiger partial charge in [0.2, 0.25) is 0 Å². The number of allylic oxidation sites excluding steroid dienone is 2. The van der Waals surface area contributed by atoms with Crippen LogP contribution in [0.15, 0.2) is 78.7 Å². The van der Waals surface area contributed by atoms with E-state index in [1.807, 2.05) is 45.1 Å². The van der Waals surface area contributed by atoms with Crippen molar-refractivity contribution in [3.05, 3.63) is 101 Å². The van der Waals surface area contributed by atoms with Gasteiger partial charge in [0.25, 0.3) is 0 Å². The monoisotopic (exact) mass is 962 g/mol. The standard InChI is InChI=1S/C39H42NS.C13H24O2.Ir/c1-26-32-18-23-40-35(31-24-30-10-6-7-11-33(30)34(25-31)38(2,3)4)37(32)41-36(26)29-14-12-27(13-15-29)28-16-21-39(22-17-28)19-8-5-9-20-39;1-5-10(6-2)12(14)9-13(15)11(7-3)8-4;/h6-7,10-15,18,23,25,28H,5,8-9,16-17,19-22H2,1-4H3;9-11,14H,5-8H2,1-4H3;/q-1;;/b;12-9-;/i23D;;. The Morgan fingerprint density at radius 1 is 0.912 bits per heavy atom. The molecule has 0 bridgehead atoms. The Balaban J connectivity index is 0.000000344. The van der Waals surface area contributed by atoms with E-state index < -0.39 is 0 Å². The number of pyridine rings is 1. The predicted molar refractivity (Wildman–Crippen MR) is 241 cm³/mol. The van der Waals surface area contributed by atoms with Gasteiger partial charge in [-0.25, -0.2) is 0 Å². The second kappa shape index (κ2) is 19.8. The Kier molecular flexibility index (Phi) is 15.1. The molecule has 7 rings (SSSR count). The van der Waals surface area contributed by atoms with Crippen LogP contribution in [-0.4, -0.2) is 15.9 Å². The maximum absolute atomic E-state index is 11.7. The first kappa shape index (κ1) is 43.5. The molecule has 0 atom stereocenters. The Morgan fingerprint density at radius 2 is 1.54 bits per heavy atom. The van der Waals surface area contributed by atoms with E-state index in [0.717, 1.165) is 52.4 Å². The fourth-order valence-corrected chi connectivity index (χ4v) is 10.9. The predicted octanol–water partition coefficient (Wildman–Crippen LogP) is 15.7. The van der Waals surface area contributed by atoms with Crippen LogP contribution in [0.3, 0.4) is 0 Å². The number of benzene rings is 3. The summed E-state index contributed by atoms with van der Waals surface area (Å²) in [6, 6.07) is 25.9. The van der Waals surface area contributed by atoms with Gasteiger partial charge in [0, 0.05) is 59.5 Å². The van der Waals surface area contributed by atoms with Crippen molar-refractivity contribution in [3.8, 4) is 21.7 Å². The average Bonchev–Trinajstić information content (AvgIpc) is 3.54. The van der Waals surface area contributed by atoms with Crippen molar-refractivity contribution in [2.45, 2.75) is 150 Å². The summed E-state index contributed by atoms with van der Waals surface area (Å²) in [6.07, 6.45) is 18.0. The summed E-state index contributed by atoms with van der Waals surface area (Å²) in [4.78, 5) is 17.8. The Morgan fingerprint density at radius 3 is 2.16 bits per heavy atom. The van der Waals surface area contributed by atoms with E-state index in [9.17, 15) is 9.90 Å². The molecule has 307 valence electrons. The van der Waals surface area contributed by atoms with Crippen LogP contribution in [0.1, 0.15) is 156 Å². The molecule has 3 aromatic carbocycles. The molecule has 2 aliphatic rings. The number of carbonyl (C=O) groups excluding carboxylic acids is 1. The summed E-state index contributed by atoms with van der Waals surface area (Å²) in [6.45, 7) is 17.1. The number of nitrogens with zero attached hydrogens (tertiary/aromatic N) is 1. The van der Waals surface area contributed by atoms with Crippen LogP contribution in [0.5, 0.6) is 0 Å². The normalized spacial score (nSPS) is 16.5. The number of hydrogen-bond acceptors (Lipinski definition) is 4. The number of aryl methyl sites for hydroxylation is 1. The number of thiophene rings is 1. The summed E-state index contributed by atoms with van der Waals surface area (Å²) < 4.78 is 9.76. The van der Waals surface area contributed by atoms with E-state index in [-0.39, 0.29) is 48.9 Å². The van der Waals surface area contributed by atoms with Gasteiger partial charge in [-0.1, -0.05) is 121 Å². The fourth-order valence-electron chi connectivity index (χ4n) is 9.58. The summed E-state index contributed by atoms with van der Waals surface area (Å²) in [5, 5.41) is 13.2. The molecule has 1 N–H and O–H groups in total. The molecule has 5 heteroatoms. The number of aliphatic hydroxyl groups excluding tert-OH is 1. The molecule has 1 radical (unpaired) electrons. The molecule has 2 fully saturated rings. The Bertz CT molecular complexity index is 2170. The van der Waals surface area contributed by atoms with Crippen molar-refractivity contribution in [3.63, 3.8) is 0 Å². The summed E-state index contributed by atoms with van der Waals surface area (Å²) >= 11 is 1.82. The van der Waals surface area contributed by atoms with Gasteiger partial charge in [-0.3, -0.25) is 9.78 Å². The maximum Gasteiger partial charge on any atom is 0.162 e. The van der Waals surface area contributed by atoms with Gasteiger partial charge < -0.3 is 5.11 Å². The molecule has 1 spiro atoms. The van der Waals surface area contributed by atoms with Gasteiger partial charge in [-0.15, -0.1) is 40.5 Å². The number of hydrogen-bond donors (Lipinski definition) is 1. The molecule has 3 nitrogen and oxygen atoms in total. The third kappa shape index (κ3) is 10.2. The molecule has 0 unspecified atom stereocenters. The van der Waals surface area contributed by atoms with Gasteiger partial charge in [0.05, 0.1) is 7.13 Å². The molecule has 0 saturated heterocycles. The van der Waals surface area contributed by atoms with Crippen LogP contribution in [0.4, 0.5) is 0 Å². The molecule has 2 aliphatic carbocycles. The molecule has 0 amide bonds. The van der Waals surface area contributed by atoms with Gasteiger partial charge in [-0.05, 0) is 116 Å². The third-order valence-electron chi connectivity index (χ3n) is 13.3. The molecule has 57 heavy (non-hydrogen) atoms. The van der Waals surface area contributed by atoms with E-state index in [1.54, 1.807) is 0 Å². The number of aliphatic hydroxyl groups is 1. The van der Waals surface area contributed by atoms with E-state index in [1.165, 1.54) is 96.4 Å². The number of ketones is 1. The second-order valence-electron chi connectivity index (χ2n) is 17.9. The van der Waals surface area contributed by atoms with Gasteiger partial charge in [0.1, 0.15) is 0 Å². The van der Waals surface area contributed by atoms with Crippen LogP contribution in [-0.2, 0) is 30.3 Å². The van der Waals surface area contributed by atoms with E-state index in [4.69, 9.17) is 6.35 Å². The third-order valence-corrected chi connectivity index (χ3v) is 14.7. The van der Waals surface area contributed by atoms with E-state index >= 15 is 0 Å². The SMILES string of the molecule is CCC(CC)C(=O)/C=C(\O)C(CC)CC.[2H]c1cc2c(C)c(-c3ccc(C4CCC5(CCCCC5)CC4)cc3)sc2c(-c2[c-]c3ccccc3c(C(C)(C)C)c2)n1.[Ir]. The summed E-state index contributed by atoms with van der Waals surface area (Å²) in [5.74, 6) is 1.25. The quantitative estimate of drug-likeness (QED) is 0.0862. The van der Waals surface area contributed by atoms with E-state index in [0.29, 0.717) is 17.5 Å². The van der Waals surface area contributed by atoms with Gasteiger partial charge in [0.15, 0.2) is 5.78 Å². The van der Waals surface area contributed by atoms with Crippen molar-refractivity contribution >= 4 is 38.0 Å². The van der Waals surface area contributed by atoms with Gasteiger partial charge >= 0.3 is 0 Å². The summed E-state index contributed by atoms with van der Waals surface area (Å²) in [7, 11) is 0. The number of aromatic nitrogens is 1. The van der Waals surface area contributed by atoms with Gasteiger partial charge in [-0.2, -0.15) is 0 Å². The van der Waals surface area contributed by atoms with Crippen molar-refractivity contribution in [1.29, 1.82) is 0 Å². The minimum absolute atomic E-state index is 0. The van der Waals surface area contributed by atoms with Crippen molar-refractivity contribution in [1.82, 2.24) is 4.98 Å². The van der Waals surface area contributed by atoms with Crippen LogP contribution in [0, 0.1) is 30.2 Å². The zero-order valence-electron chi connectivity index (χ0n) is 36.8. The molecule has 2 saturated carbocycles. The number of carbonyl (C=O) groups is 1. The minimum Gasteiger partial charge on any atom is -0.512 e. The Hall–Kier alpha value is -3.11. The molecule has 5 aromatic rings. The zero-order chi connectivity index (χ0) is 40.9. The van der Waals surface area contributed by atoms with Crippen LogP contribution in [0.25, 0.3) is 42.6 Å². The first-order valence-corrected chi connectivity index (χ1v) is 22.5. The average molecular weight is 962 g/mol. The molecule has 2 heterocycles. The largest absolute Gasteiger partial charge is 0.512 e. The van der Waals surface area contributed by atoms with E-state index in [2.05, 4.69) is 88.4 Å². The van der Waals surface area contributed by atoms with Crippen molar-refractivity contribution in [2.24, 2.45) is 17.3 Å². The van der Waals surface area contributed by atoms with Crippen molar-refractivity contribution in [2.75, 3.05) is 0 Å².